The molecule has 2 aliphatic heterocycles. The molecule has 3 aromatic rings. The van der Waals surface area contributed by atoms with Crippen molar-refractivity contribution in [3.63, 3.8) is 0 Å². The predicted octanol–water partition coefficient (Wildman–Crippen LogP) is 9.28. The maximum atomic E-state index is 12.9. The minimum atomic E-state index is -0.439. The molecular weight excluding hydrogens is 679 g/mol. The number of ether oxygens (including phenoxy) is 1. The second-order valence-corrected chi connectivity index (χ2v) is 15.7. The van der Waals surface area contributed by atoms with E-state index in [1.165, 1.54) is 33.6 Å². The fourth-order valence-electron chi connectivity index (χ4n) is 6.75. The molecule has 251 valence electrons. The van der Waals surface area contributed by atoms with E-state index < -0.39 is 6.10 Å². The monoisotopic (exact) mass is 732 g/mol. The summed E-state index contributed by atoms with van der Waals surface area (Å²) in [7, 11) is 1.87. The summed E-state index contributed by atoms with van der Waals surface area (Å²) < 4.78 is 9.06. The van der Waals surface area contributed by atoms with Crippen LogP contribution in [0, 0.1) is 0 Å². The minimum Gasteiger partial charge on any atom is -0.147 e. The van der Waals surface area contributed by atoms with Crippen molar-refractivity contribution in [1.82, 2.24) is 0 Å². The average molecular weight is 732 g/mol. The summed E-state index contributed by atoms with van der Waals surface area (Å²) >= 11 is -0.291. The van der Waals surface area contributed by atoms with Gasteiger partial charge in [-0.05, 0) is 0 Å². The number of amides is 1. The van der Waals surface area contributed by atoms with Gasteiger partial charge in [0.25, 0.3) is 0 Å². The second kappa shape index (κ2) is 15.0. The Morgan fingerprint density at radius 2 is 1.20 bits per heavy atom. The van der Waals surface area contributed by atoms with Crippen molar-refractivity contribution in [3.8, 4) is 5.75 Å². The molecule has 0 radical (unpaired) electrons. The van der Waals surface area contributed by atoms with E-state index >= 15 is 0 Å². The first kappa shape index (κ1) is 36.2. The first-order valence-corrected chi connectivity index (χ1v) is 18.7. The molecule has 3 aromatic carbocycles. The first-order valence-electron chi connectivity index (χ1n) is 16.7. The molecule has 0 aromatic heterocycles. The molecule has 2 heterocycles. The number of fused-ring (bicyclic) bond motifs is 1. The molecule has 46 heavy (non-hydrogen) atoms. The van der Waals surface area contributed by atoms with Crippen LogP contribution in [-0.2, 0) is 21.5 Å². The number of carbonyl (C=O) groups is 1. The molecule has 0 saturated carbocycles. The molecule has 5 nitrogen and oxygen atoms in total. The van der Waals surface area contributed by atoms with Crippen LogP contribution in [0.5, 0.6) is 5.75 Å². The Bertz CT molecular complexity index is 1440. The molecule has 0 aliphatic carbocycles. The van der Waals surface area contributed by atoms with Gasteiger partial charge in [0.1, 0.15) is 0 Å². The Morgan fingerprint density at radius 1 is 0.761 bits per heavy atom. The van der Waals surface area contributed by atoms with Crippen LogP contribution < -0.4 is 19.4 Å². The van der Waals surface area contributed by atoms with Gasteiger partial charge in [0.2, 0.25) is 0 Å². The SMILES string of the molecule is CCC1Oc2c(/[CH]=[Ru]/[CH]3N(c4c(C(C)C)cccc4C(C)C)CCN3c3c(C(C)C)cccc3C(C)C)cccc2N(C)C1=O.Cl. The number of halogens is 1. The summed E-state index contributed by atoms with van der Waals surface area (Å²) in [6, 6.07) is 20.1. The van der Waals surface area contributed by atoms with Crippen LogP contribution in [0.2, 0.25) is 0 Å². The van der Waals surface area contributed by atoms with Gasteiger partial charge >= 0.3 is 280 Å². The van der Waals surface area contributed by atoms with E-state index in [2.05, 4.69) is 118 Å². The number of rotatable bonds is 9. The fraction of sp³-hybridized carbons (Fsp3) is 0.487. The normalized spacial score (nSPS) is 17.3. The molecule has 7 heteroatoms. The summed E-state index contributed by atoms with van der Waals surface area (Å²) in [5, 5.41) is 0. The van der Waals surface area contributed by atoms with Crippen LogP contribution in [0.3, 0.4) is 0 Å². The molecule has 1 amide bonds. The maximum absolute atomic E-state index is 12.9. The summed E-state index contributed by atoms with van der Waals surface area (Å²) in [4.78, 5) is 20.2. The third kappa shape index (κ3) is 6.81. The van der Waals surface area contributed by atoms with Crippen LogP contribution >= 0.6 is 12.4 Å². The van der Waals surface area contributed by atoms with E-state index in [4.69, 9.17) is 4.74 Å². The molecule has 0 bridgehead atoms. The Labute approximate surface area is 291 Å². The molecule has 0 spiro atoms. The molecule has 1 fully saturated rings. The minimum absolute atomic E-state index is 0. The maximum Gasteiger partial charge on any atom is -0.147 e. The average Bonchev–Trinajstić information content (AvgIpc) is 3.43. The molecular formula is C39H53ClN3O2Ru. The van der Waals surface area contributed by atoms with Gasteiger partial charge in [0, 0.05) is 0 Å². The van der Waals surface area contributed by atoms with E-state index in [0.717, 1.165) is 30.1 Å². The van der Waals surface area contributed by atoms with Crippen LogP contribution in [-0.4, -0.2) is 41.5 Å². The summed E-state index contributed by atoms with van der Waals surface area (Å²) in [5.41, 5.74) is 10.5. The number of hydrogen-bond acceptors (Lipinski definition) is 4. The Balaban J connectivity index is 0.00000480. The van der Waals surface area contributed by atoms with Gasteiger partial charge in [-0.25, -0.2) is 0 Å². The van der Waals surface area contributed by atoms with Crippen molar-refractivity contribution in [2.75, 3.05) is 34.8 Å². The Kier molecular flexibility index (Phi) is 11.8. The van der Waals surface area contributed by atoms with Gasteiger partial charge < -0.3 is 0 Å². The molecule has 1 atom stereocenters. The number of carbonyl (C=O) groups excluding carboxylic acids is 1. The van der Waals surface area contributed by atoms with Crippen molar-refractivity contribution < 1.29 is 26.2 Å². The number of anilines is 3. The number of para-hydroxylation sites is 3. The quantitative estimate of drug-likeness (QED) is 0.206. The predicted molar refractivity (Wildman–Crippen MR) is 195 cm³/mol. The first-order chi connectivity index (χ1) is 21.5. The summed E-state index contributed by atoms with van der Waals surface area (Å²) in [6.07, 6.45) is 0.216. The topological polar surface area (TPSA) is 36.0 Å². The summed E-state index contributed by atoms with van der Waals surface area (Å²) in [5.74, 6) is 2.58. The third-order valence-corrected chi connectivity index (χ3v) is 11.7. The van der Waals surface area contributed by atoms with Crippen molar-refractivity contribution in [2.45, 2.75) is 103 Å². The van der Waals surface area contributed by atoms with E-state index in [1.54, 1.807) is 4.90 Å². The number of likely N-dealkylation sites (N-methyl/N-ethyl adjacent to an activating group) is 1. The van der Waals surface area contributed by atoms with E-state index in [-0.39, 0.29) is 39.7 Å². The van der Waals surface area contributed by atoms with Crippen molar-refractivity contribution in [2.24, 2.45) is 0 Å². The molecule has 0 N–H and O–H groups in total. The fourth-order valence-corrected chi connectivity index (χ4v) is 9.24. The van der Waals surface area contributed by atoms with Crippen LogP contribution in [0.1, 0.15) is 120 Å². The molecule has 5 rings (SSSR count). The van der Waals surface area contributed by atoms with E-state index in [0.29, 0.717) is 30.1 Å². The van der Waals surface area contributed by atoms with Crippen LogP contribution in [0.15, 0.2) is 54.6 Å². The van der Waals surface area contributed by atoms with Crippen LogP contribution in [0.25, 0.3) is 0 Å². The van der Waals surface area contributed by atoms with E-state index in [9.17, 15) is 4.79 Å². The molecule has 1 saturated heterocycles. The zero-order valence-electron chi connectivity index (χ0n) is 29.3. The largest absolute Gasteiger partial charge is 0.147 e. The number of benzene rings is 3. The van der Waals surface area contributed by atoms with Gasteiger partial charge in [-0.1, -0.05) is 0 Å². The standard InChI is InChI=1S/C27H39N2.C12H13NO2.ClH.Ru/c1-18(2)22-11-9-12-23(19(3)4)26(22)28-15-16-29(17-28)27-24(20(5)6)13-10-14-25(27)21(7)8;1-4-10-12(14)13(3)9-7-5-6-8(2)11(9)15-10;;/h9-14,17-21H,15-16H2,1-8H3;2,5-7,10H,4H2,1,3H3;1H;. The molecule has 2 aliphatic rings. The smallest absolute Gasteiger partial charge is 0.147 e. The zero-order valence-corrected chi connectivity index (χ0v) is 31.8. The van der Waals surface area contributed by atoms with Crippen molar-refractivity contribution in [3.05, 3.63) is 82.4 Å². The van der Waals surface area contributed by atoms with Crippen molar-refractivity contribution >= 4 is 40.0 Å². The zero-order chi connectivity index (χ0) is 32.6. The van der Waals surface area contributed by atoms with Gasteiger partial charge in [0.05, 0.1) is 0 Å². The van der Waals surface area contributed by atoms with Gasteiger partial charge in [0.15, 0.2) is 0 Å². The van der Waals surface area contributed by atoms with E-state index in [1.807, 2.05) is 20.0 Å². The van der Waals surface area contributed by atoms with Gasteiger partial charge in [-0.2, -0.15) is 0 Å². The Morgan fingerprint density at radius 3 is 1.61 bits per heavy atom. The van der Waals surface area contributed by atoms with Crippen molar-refractivity contribution in [1.29, 1.82) is 0 Å². The van der Waals surface area contributed by atoms with Gasteiger partial charge in [-0.15, -0.1) is 12.4 Å². The number of nitrogens with zero attached hydrogens (tertiary/aromatic N) is 3. The van der Waals surface area contributed by atoms with Crippen LogP contribution in [0.4, 0.5) is 17.1 Å². The third-order valence-electron chi connectivity index (χ3n) is 9.24. The van der Waals surface area contributed by atoms with Gasteiger partial charge in [-0.3, -0.25) is 0 Å². The summed E-state index contributed by atoms with van der Waals surface area (Å²) in [6.45, 7) is 22.6. The Hall–Kier alpha value is -2.69. The second-order valence-electron chi connectivity index (χ2n) is 13.7. The molecule has 1 unspecified atom stereocenters. The number of hydrogen-bond donors (Lipinski definition) is 0.